The van der Waals surface area contributed by atoms with Gasteiger partial charge in [0.2, 0.25) is 0 Å². The molecule has 1 aromatic heterocycles. The van der Waals surface area contributed by atoms with Gasteiger partial charge < -0.3 is 4.90 Å². The Labute approximate surface area is 139 Å². The summed E-state index contributed by atoms with van der Waals surface area (Å²) in [5.41, 5.74) is 3.43. The second-order valence-electron chi connectivity index (χ2n) is 6.57. The van der Waals surface area contributed by atoms with Gasteiger partial charge in [0.25, 0.3) is 0 Å². The minimum atomic E-state index is 0.492. The van der Waals surface area contributed by atoms with E-state index in [1.54, 1.807) is 0 Å². The van der Waals surface area contributed by atoms with Crippen molar-refractivity contribution in [2.75, 3.05) is 32.1 Å². The number of benzene rings is 1. The standard InChI is InChI=1S/C19H26N4/c1-15(23-13-5-4-6-14-23)16-7-9-17(10-8-16)18-11-12-19(21-20-18)22(2)3/h7-12,15H,4-6,13-14H2,1-3H3/t15-/m1/s1. The molecule has 1 aliphatic heterocycles. The van der Waals surface area contributed by atoms with Crippen LogP contribution in [0, 0.1) is 0 Å². The van der Waals surface area contributed by atoms with Gasteiger partial charge in [0.05, 0.1) is 5.69 Å². The zero-order chi connectivity index (χ0) is 16.2. The van der Waals surface area contributed by atoms with Gasteiger partial charge in [0, 0.05) is 25.7 Å². The fourth-order valence-corrected chi connectivity index (χ4v) is 3.17. The van der Waals surface area contributed by atoms with E-state index in [1.165, 1.54) is 37.9 Å². The molecule has 1 aromatic carbocycles. The summed E-state index contributed by atoms with van der Waals surface area (Å²) in [4.78, 5) is 4.55. The monoisotopic (exact) mass is 310 g/mol. The number of anilines is 1. The topological polar surface area (TPSA) is 32.3 Å². The van der Waals surface area contributed by atoms with Gasteiger partial charge >= 0.3 is 0 Å². The van der Waals surface area contributed by atoms with Gasteiger partial charge in [-0.1, -0.05) is 30.7 Å². The molecule has 1 fully saturated rings. The molecule has 2 heterocycles. The fraction of sp³-hybridized carbons (Fsp3) is 0.474. The van der Waals surface area contributed by atoms with Crippen LogP contribution in [0.15, 0.2) is 36.4 Å². The zero-order valence-corrected chi connectivity index (χ0v) is 14.4. The third-order valence-electron chi connectivity index (χ3n) is 4.74. The highest BCUT2D eigenvalue weighted by Gasteiger charge is 2.18. The molecule has 0 bridgehead atoms. The Morgan fingerprint density at radius 1 is 0.913 bits per heavy atom. The van der Waals surface area contributed by atoms with Crippen molar-refractivity contribution in [3.63, 3.8) is 0 Å². The molecule has 0 unspecified atom stereocenters. The molecule has 4 heteroatoms. The Kier molecular flexibility index (Phi) is 4.91. The summed E-state index contributed by atoms with van der Waals surface area (Å²) in [5, 5.41) is 8.59. The average Bonchev–Trinajstić information content (AvgIpc) is 2.62. The number of hydrogen-bond acceptors (Lipinski definition) is 4. The van der Waals surface area contributed by atoms with Crippen LogP contribution in [0.3, 0.4) is 0 Å². The summed E-state index contributed by atoms with van der Waals surface area (Å²) in [5.74, 6) is 0.879. The van der Waals surface area contributed by atoms with Gasteiger partial charge in [-0.25, -0.2) is 0 Å². The SMILES string of the molecule is C[C@H](c1ccc(-c2ccc(N(C)C)nn2)cc1)N1CCCCC1. The smallest absolute Gasteiger partial charge is 0.150 e. The van der Waals surface area contributed by atoms with E-state index in [1.807, 2.05) is 31.1 Å². The minimum Gasteiger partial charge on any atom is -0.361 e. The average molecular weight is 310 g/mol. The molecule has 1 aliphatic rings. The van der Waals surface area contributed by atoms with Crippen LogP contribution in [0.5, 0.6) is 0 Å². The molecule has 4 nitrogen and oxygen atoms in total. The number of hydrogen-bond donors (Lipinski definition) is 0. The molecule has 3 rings (SSSR count). The van der Waals surface area contributed by atoms with E-state index in [4.69, 9.17) is 0 Å². The summed E-state index contributed by atoms with van der Waals surface area (Å²) in [6.07, 6.45) is 4.04. The Morgan fingerprint density at radius 2 is 1.61 bits per heavy atom. The van der Waals surface area contributed by atoms with Crippen molar-refractivity contribution in [1.82, 2.24) is 15.1 Å². The maximum atomic E-state index is 4.33. The normalized spacial score (nSPS) is 17.0. The van der Waals surface area contributed by atoms with E-state index in [0.29, 0.717) is 6.04 Å². The van der Waals surface area contributed by atoms with Crippen LogP contribution in [0.4, 0.5) is 5.82 Å². The number of aromatic nitrogens is 2. The first-order valence-electron chi connectivity index (χ1n) is 8.50. The third-order valence-corrected chi connectivity index (χ3v) is 4.74. The molecule has 1 atom stereocenters. The number of rotatable bonds is 4. The van der Waals surface area contributed by atoms with Crippen LogP contribution < -0.4 is 4.90 Å². The van der Waals surface area contributed by atoms with Gasteiger partial charge in [-0.2, -0.15) is 0 Å². The van der Waals surface area contributed by atoms with E-state index in [0.717, 1.165) is 17.1 Å². The molecule has 23 heavy (non-hydrogen) atoms. The fourth-order valence-electron chi connectivity index (χ4n) is 3.17. The van der Waals surface area contributed by atoms with Crippen LogP contribution in [0.25, 0.3) is 11.3 Å². The summed E-state index contributed by atoms with van der Waals surface area (Å²) < 4.78 is 0. The first kappa shape index (κ1) is 15.9. The summed E-state index contributed by atoms with van der Waals surface area (Å²) in [7, 11) is 3.95. The zero-order valence-electron chi connectivity index (χ0n) is 14.4. The van der Waals surface area contributed by atoms with E-state index < -0.39 is 0 Å². The molecule has 1 saturated heterocycles. The molecule has 0 N–H and O–H groups in total. The highest BCUT2D eigenvalue weighted by Crippen LogP contribution is 2.26. The quantitative estimate of drug-likeness (QED) is 0.861. The van der Waals surface area contributed by atoms with Crippen molar-refractivity contribution >= 4 is 5.82 Å². The molecule has 0 radical (unpaired) electrons. The van der Waals surface area contributed by atoms with Crippen molar-refractivity contribution in [3.05, 3.63) is 42.0 Å². The van der Waals surface area contributed by atoms with Gasteiger partial charge in [0.1, 0.15) is 0 Å². The van der Waals surface area contributed by atoms with Gasteiger partial charge in [-0.3, -0.25) is 4.90 Å². The van der Waals surface area contributed by atoms with Crippen molar-refractivity contribution in [2.24, 2.45) is 0 Å². The number of nitrogens with zero attached hydrogens (tertiary/aromatic N) is 4. The Hall–Kier alpha value is -1.94. The maximum absolute atomic E-state index is 4.33. The molecule has 0 spiro atoms. The van der Waals surface area contributed by atoms with Crippen LogP contribution in [0.1, 0.15) is 37.8 Å². The van der Waals surface area contributed by atoms with Crippen molar-refractivity contribution in [2.45, 2.75) is 32.2 Å². The van der Waals surface area contributed by atoms with Gasteiger partial charge in [-0.05, 0) is 50.6 Å². The van der Waals surface area contributed by atoms with Crippen LogP contribution in [0.2, 0.25) is 0 Å². The van der Waals surface area contributed by atoms with Crippen molar-refractivity contribution < 1.29 is 0 Å². The molecule has 0 saturated carbocycles. The largest absolute Gasteiger partial charge is 0.361 e. The number of piperidine rings is 1. The second kappa shape index (κ2) is 7.09. The maximum Gasteiger partial charge on any atom is 0.150 e. The van der Waals surface area contributed by atoms with Crippen LogP contribution in [-0.4, -0.2) is 42.3 Å². The van der Waals surface area contributed by atoms with E-state index in [9.17, 15) is 0 Å². The molecule has 0 amide bonds. The van der Waals surface area contributed by atoms with Gasteiger partial charge in [0.15, 0.2) is 5.82 Å². The predicted molar refractivity (Wildman–Crippen MR) is 95.6 cm³/mol. The van der Waals surface area contributed by atoms with Gasteiger partial charge in [-0.15, -0.1) is 10.2 Å². The first-order valence-corrected chi connectivity index (χ1v) is 8.50. The van der Waals surface area contributed by atoms with Crippen molar-refractivity contribution in [1.29, 1.82) is 0 Å². The van der Waals surface area contributed by atoms with Crippen molar-refractivity contribution in [3.8, 4) is 11.3 Å². The van der Waals surface area contributed by atoms with E-state index in [2.05, 4.69) is 46.3 Å². The highest BCUT2D eigenvalue weighted by molar-refractivity contribution is 5.60. The van der Waals surface area contributed by atoms with E-state index >= 15 is 0 Å². The Bertz CT molecular complexity index is 613. The van der Waals surface area contributed by atoms with Crippen LogP contribution in [-0.2, 0) is 0 Å². The number of likely N-dealkylation sites (tertiary alicyclic amines) is 1. The predicted octanol–water partition coefficient (Wildman–Crippen LogP) is 3.76. The summed E-state index contributed by atoms with van der Waals surface area (Å²) in [6.45, 7) is 4.76. The highest BCUT2D eigenvalue weighted by atomic mass is 15.2. The molecule has 122 valence electrons. The Morgan fingerprint density at radius 3 is 2.17 bits per heavy atom. The second-order valence-corrected chi connectivity index (χ2v) is 6.57. The molecule has 2 aromatic rings. The third kappa shape index (κ3) is 3.70. The molecular formula is C19H26N4. The lowest BCUT2D eigenvalue weighted by Gasteiger charge is -2.32. The Balaban J connectivity index is 1.73. The lowest BCUT2D eigenvalue weighted by Crippen LogP contribution is -2.32. The summed E-state index contributed by atoms with van der Waals surface area (Å²) >= 11 is 0. The first-order chi connectivity index (χ1) is 11.1. The van der Waals surface area contributed by atoms with E-state index in [-0.39, 0.29) is 0 Å². The lowest BCUT2D eigenvalue weighted by molar-refractivity contribution is 0.175. The lowest BCUT2D eigenvalue weighted by atomic mass is 10.0. The molecular weight excluding hydrogens is 284 g/mol. The minimum absolute atomic E-state index is 0.492. The molecule has 0 aliphatic carbocycles. The summed E-state index contributed by atoms with van der Waals surface area (Å²) in [6, 6.07) is 13.3. The van der Waals surface area contributed by atoms with Crippen LogP contribution >= 0.6 is 0 Å².